The third-order valence-electron chi connectivity index (χ3n) is 5.45. The summed E-state index contributed by atoms with van der Waals surface area (Å²) in [6.45, 7) is 1.34. The predicted octanol–water partition coefficient (Wildman–Crippen LogP) is 1.57. The molecule has 0 spiro atoms. The van der Waals surface area contributed by atoms with Crippen molar-refractivity contribution in [2.45, 2.75) is 48.6 Å². The molecule has 24 heavy (non-hydrogen) atoms. The van der Waals surface area contributed by atoms with E-state index in [9.17, 15) is 9.90 Å². The van der Waals surface area contributed by atoms with Crippen LogP contribution in [0.1, 0.15) is 36.2 Å². The summed E-state index contributed by atoms with van der Waals surface area (Å²) in [4.78, 5) is 14.1. The van der Waals surface area contributed by atoms with Crippen molar-refractivity contribution in [1.29, 1.82) is 0 Å². The van der Waals surface area contributed by atoms with E-state index in [0.29, 0.717) is 31.6 Å². The molecule has 2 aliphatic rings. The molecule has 1 aliphatic carbocycles. The van der Waals surface area contributed by atoms with Crippen LogP contribution in [-0.2, 0) is 0 Å². The number of aliphatic hydroxyl groups excluding tert-OH is 1. The second kappa shape index (κ2) is 7.60. The minimum absolute atomic E-state index is 0.0250. The molecule has 5 atom stereocenters. The van der Waals surface area contributed by atoms with Gasteiger partial charge in [-0.1, -0.05) is 0 Å². The number of likely N-dealkylation sites (tertiary alicyclic amines) is 1. The summed E-state index contributed by atoms with van der Waals surface area (Å²) in [5, 5.41) is 16.5. The molecule has 1 aromatic rings. The van der Waals surface area contributed by atoms with Gasteiger partial charge in [-0.25, -0.2) is 0 Å². The lowest BCUT2D eigenvalue weighted by Gasteiger charge is -2.42. The maximum Gasteiger partial charge on any atom is 0.271 e. The number of H-pyrrole nitrogens is 1. The van der Waals surface area contributed by atoms with Gasteiger partial charge in [0, 0.05) is 31.2 Å². The molecule has 1 saturated carbocycles. The molecule has 3 rings (SSSR count). The number of aromatic nitrogens is 2. The van der Waals surface area contributed by atoms with Crippen LogP contribution < -0.4 is 5.73 Å². The van der Waals surface area contributed by atoms with Crippen LogP contribution in [0.3, 0.4) is 0 Å². The number of carbonyl (C=O) groups is 1. The molecular formula is C16H24Cl2N4O2. The van der Waals surface area contributed by atoms with E-state index in [1.54, 1.807) is 12.3 Å². The summed E-state index contributed by atoms with van der Waals surface area (Å²) in [7, 11) is 0. The Balaban J connectivity index is 1.55. The second-order valence-electron chi connectivity index (χ2n) is 6.91. The maximum atomic E-state index is 12.3. The van der Waals surface area contributed by atoms with Crippen LogP contribution >= 0.6 is 23.2 Å². The van der Waals surface area contributed by atoms with Crippen LogP contribution in [0.5, 0.6) is 0 Å². The molecular weight excluding hydrogens is 351 g/mol. The highest BCUT2D eigenvalue weighted by atomic mass is 35.5. The van der Waals surface area contributed by atoms with Gasteiger partial charge in [0.15, 0.2) is 0 Å². The highest BCUT2D eigenvalue weighted by Gasteiger charge is 2.40. The smallest absolute Gasteiger partial charge is 0.271 e. The average Bonchev–Trinajstić information content (AvgIpc) is 3.11. The molecule has 1 saturated heterocycles. The zero-order chi connectivity index (χ0) is 17.3. The van der Waals surface area contributed by atoms with E-state index in [4.69, 9.17) is 28.9 Å². The van der Waals surface area contributed by atoms with Crippen molar-refractivity contribution in [1.82, 2.24) is 15.1 Å². The summed E-state index contributed by atoms with van der Waals surface area (Å²) < 4.78 is 0. The zero-order valence-electron chi connectivity index (χ0n) is 13.4. The number of carbonyl (C=O) groups excluding carboxylic acids is 1. The Bertz CT molecular complexity index is 548. The number of rotatable bonds is 3. The Hall–Kier alpha value is -0.820. The molecule has 134 valence electrons. The second-order valence-corrected chi connectivity index (χ2v) is 8.03. The Morgan fingerprint density at radius 2 is 2.00 bits per heavy atom. The third-order valence-corrected chi connectivity index (χ3v) is 6.54. The molecule has 8 heteroatoms. The molecule has 2 fully saturated rings. The zero-order valence-corrected chi connectivity index (χ0v) is 15.0. The van der Waals surface area contributed by atoms with Gasteiger partial charge < -0.3 is 15.7 Å². The van der Waals surface area contributed by atoms with E-state index in [-0.39, 0.29) is 34.5 Å². The molecule has 1 aliphatic heterocycles. The number of nitrogens with one attached hydrogen (secondary N) is 1. The lowest BCUT2D eigenvalue weighted by Crippen LogP contribution is -2.51. The van der Waals surface area contributed by atoms with Gasteiger partial charge in [-0.15, -0.1) is 23.2 Å². The van der Waals surface area contributed by atoms with Gasteiger partial charge in [0.2, 0.25) is 0 Å². The number of alkyl halides is 2. The highest BCUT2D eigenvalue weighted by Crippen LogP contribution is 2.37. The van der Waals surface area contributed by atoms with E-state index in [1.165, 1.54) is 0 Å². The van der Waals surface area contributed by atoms with E-state index < -0.39 is 6.10 Å². The average molecular weight is 375 g/mol. The molecule has 0 radical (unpaired) electrons. The minimum Gasteiger partial charge on any atom is -0.393 e. The summed E-state index contributed by atoms with van der Waals surface area (Å²) in [6.07, 6.45) is 3.88. The SMILES string of the molecule is N[C@H](C1CCN(C(=O)c2ccn[nH]2)CC1)C1CC(Cl)C(Cl)CC1O. The van der Waals surface area contributed by atoms with Crippen molar-refractivity contribution in [3.63, 3.8) is 0 Å². The summed E-state index contributed by atoms with van der Waals surface area (Å²) in [5.41, 5.74) is 6.97. The monoisotopic (exact) mass is 374 g/mol. The molecule has 1 amide bonds. The van der Waals surface area contributed by atoms with Crippen molar-refractivity contribution in [3.8, 4) is 0 Å². The number of halogens is 2. The van der Waals surface area contributed by atoms with Gasteiger partial charge in [0.05, 0.1) is 16.9 Å². The number of nitrogens with zero attached hydrogens (tertiary/aromatic N) is 2. The van der Waals surface area contributed by atoms with Crippen molar-refractivity contribution < 1.29 is 9.90 Å². The molecule has 0 bridgehead atoms. The van der Waals surface area contributed by atoms with Gasteiger partial charge in [-0.05, 0) is 37.7 Å². The Morgan fingerprint density at radius 1 is 1.33 bits per heavy atom. The first-order chi connectivity index (χ1) is 11.5. The first-order valence-electron chi connectivity index (χ1n) is 8.47. The van der Waals surface area contributed by atoms with Crippen LogP contribution in [0.15, 0.2) is 12.3 Å². The maximum absolute atomic E-state index is 12.3. The number of aliphatic hydroxyl groups is 1. The van der Waals surface area contributed by atoms with Gasteiger partial charge in [-0.3, -0.25) is 9.89 Å². The van der Waals surface area contributed by atoms with E-state index in [1.807, 2.05) is 4.90 Å². The summed E-state index contributed by atoms with van der Waals surface area (Å²) >= 11 is 12.4. The summed E-state index contributed by atoms with van der Waals surface area (Å²) in [5.74, 6) is 0.233. The Labute approximate surface area is 151 Å². The highest BCUT2D eigenvalue weighted by molar-refractivity contribution is 6.30. The van der Waals surface area contributed by atoms with Crippen LogP contribution in [-0.4, -0.2) is 62.1 Å². The molecule has 1 aromatic heterocycles. The third kappa shape index (κ3) is 3.72. The van der Waals surface area contributed by atoms with Crippen LogP contribution in [0.2, 0.25) is 0 Å². The van der Waals surface area contributed by atoms with Gasteiger partial charge in [0.25, 0.3) is 5.91 Å². The molecule has 0 aromatic carbocycles. The lowest BCUT2D eigenvalue weighted by molar-refractivity contribution is 0.0337. The molecule has 2 heterocycles. The fraction of sp³-hybridized carbons (Fsp3) is 0.750. The number of piperidine rings is 1. The largest absolute Gasteiger partial charge is 0.393 e. The number of aromatic amines is 1. The first-order valence-corrected chi connectivity index (χ1v) is 9.35. The van der Waals surface area contributed by atoms with E-state index in [2.05, 4.69) is 10.2 Å². The fourth-order valence-corrected chi connectivity index (χ4v) is 4.51. The lowest BCUT2D eigenvalue weighted by atomic mass is 9.74. The first kappa shape index (κ1) is 18.0. The van der Waals surface area contributed by atoms with Crippen LogP contribution in [0.4, 0.5) is 0 Å². The molecule has 4 unspecified atom stereocenters. The predicted molar refractivity (Wildman–Crippen MR) is 93.2 cm³/mol. The normalized spacial score (nSPS) is 33.4. The molecule has 4 N–H and O–H groups in total. The van der Waals surface area contributed by atoms with Crippen molar-refractivity contribution in [2.24, 2.45) is 17.6 Å². The van der Waals surface area contributed by atoms with Crippen molar-refractivity contribution >= 4 is 29.1 Å². The number of nitrogens with two attached hydrogens (primary N) is 1. The quantitative estimate of drug-likeness (QED) is 0.699. The standard InChI is InChI=1S/C16H24Cl2N4O2/c17-11-7-10(14(23)8-12(11)18)15(19)9-2-5-22(6-3-9)16(24)13-1-4-20-21-13/h1,4,9-12,14-15,23H,2-3,5-8,19H2,(H,20,21)/t10?,11?,12?,14?,15-/m1/s1. The van der Waals surface area contributed by atoms with E-state index >= 15 is 0 Å². The Morgan fingerprint density at radius 3 is 2.62 bits per heavy atom. The topological polar surface area (TPSA) is 95.2 Å². The van der Waals surface area contributed by atoms with Crippen LogP contribution in [0.25, 0.3) is 0 Å². The number of hydrogen-bond acceptors (Lipinski definition) is 4. The van der Waals surface area contributed by atoms with Gasteiger partial charge in [-0.2, -0.15) is 5.10 Å². The summed E-state index contributed by atoms with van der Waals surface area (Å²) in [6, 6.07) is 1.57. The fourth-order valence-electron chi connectivity index (χ4n) is 3.91. The van der Waals surface area contributed by atoms with Gasteiger partial charge in [0.1, 0.15) is 5.69 Å². The Kier molecular flexibility index (Phi) is 5.70. The number of amides is 1. The van der Waals surface area contributed by atoms with Crippen LogP contribution in [0, 0.1) is 11.8 Å². The van der Waals surface area contributed by atoms with Crippen molar-refractivity contribution in [2.75, 3.05) is 13.1 Å². The van der Waals surface area contributed by atoms with Crippen molar-refractivity contribution in [3.05, 3.63) is 18.0 Å². The minimum atomic E-state index is -0.498. The number of hydrogen-bond donors (Lipinski definition) is 3. The van der Waals surface area contributed by atoms with Gasteiger partial charge >= 0.3 is 0 Å². The molecule has 6 nitrogen and oxygen atoms in total. The van der Waals surface area contributed by atoms with E-state index in [0.717, 1.165) is 12.8 Å².